The average Bonchev–Trinajstić information content (AvgIpc) is 2.76. The van der Waals surface area contributed by atoms with Crippen molar-refractivity contribution in [2.75, 3.05) is 28.6 Å². The molecule has 1 unspecified atom stereocenters. The number of ether oxygens (including phenoxy) is 2. The molecule has 4 rings (SSSR count). The predicted molar refractivity (Wildman–Crippen MR) is 134 cm³/mol. The zero-order valence-electron chi connectivity index (χ0n) is 19.0. The number of hydrogen-bond donors (Lipinski definition) is 2. The van der Waals surface area contributed by atoms with Crippen LogP contribution in [0.1, 0.15) is 30.6 Å². The maximum Gasteiger partial charge on any atom is 0.232 e. The highest BCUT2D eigenvalue weighted by atomic mass is 32.2. The lowest BCUT2D eigenvalue weighted by Crippen LogP contribution is -2.18. The van der Waals surface area contributed by atoms with Crippen LogP contribution in [0.15, 0.2) is 60.7 Å². The Kier molecular flexibility index (Phi) is 6.46. The maximum absolute atomic E-state index is 12.3. The van der Waals surface area contributed by atoms with Gasteiger partial charge in [0.1, 0.15) is 17.6 Å². The number of hydrogen-bond acceptors (Lipinski definition) is 6. The highest BCUT2D eigenvalue weighted by Gasteiger charge is 2.30. The van der Waals surface area contributed by atoms with Gasteiger partial charge in [0.2, 0.25) is 20.0 Å². The van der Waals surface area contributed by atoms with Crippen molar-refractivity contribution < 1.29 is 26.3 Å². The van der Waals surface area contributed by atoms with Crippen LogP contribution in [-0.2, 0) is 20.0 Å². The second-order valence-corrected chi connectivity index (χ2v) is 11.6. The fraction of sp³-hybridized carbons (Fsp3) is 0.250. The Bertz CT molecular complexity index is 1440. The molecule has 0 saturated carbocycles. The van der Waals surface area contributed by atoms with Gasteiger partial charge in [-0.05, 0) is 53.9 Å². The number of benzene rings is 3. The lowest BCUT2D eigenvalue weighted by Gasteiger charge is -2.30. The normalized spacial score (nSPS) is 15.0. The number of nitrogens with one attached hydrogen (secondary N) is 2. The molecule has 3 aromatic rings. The van der Waals surface area contributed by atoms with Gasteiger partial charge in [-0.25, -0.2) is 16.8 Å². The summed E-state index contributed by atoms with van der Waals surface area (Å²) in [5, 5.41) is 0. The van der Waals surface area contributed by atoms with Crippen LogP contribution < -0.4 is 18.9 Å². The Balaban J connectivity index is 1.84. The standard InChI is InChI=1S/C24H26N2O6S2/c1-4-13-34(29,30)26-17-8-5-7-16(14-17)24-20-15-18(25-33(3,27)28)11-12-19(20)23-21(31-2)9-6-10-22(23)32-24/h5-12,14-15,24-26H,4,13H2,1-3H3. The first-order chi connectivity index (χ1) is 16.1. The molecule has 0 radical (unpaired) electrons. The van der Waals surface area contributed by atoms with Gasteiger partial charge in [0.05, 0.1) is 24.7 Å². The molecule has 180 valence electrons. The van der Waals surface area contributed by atoms with Gasteiger partial charge < -0.3 is 9.47 Å². The van der Waals surface area contributed by atoms with E-state index in [-0.39, 0.29) is 5.75 Å². The third kappa shape index (κ3) is 5.13. The minimum absolute atomic E-state index is 0.0215. The van der Waals surface area contributed by atoms with Crippen LogP contribution in [-0.4, -0.2) is 36.0 Å². The molecule has 0 spiro atoms. The molecule has 0 bridgehead atoms. The molecular weight excluding hydrogens is 476 g/mol. The van der Waals surface area contributed by atoms with E-state index in [1.807, 2.05) is 30.3 Å². The van der Waals surface area contributed by atoms with E-state index < -0.39 is 26.2 Å². The average molecular weight is 503 g/mol. The van der Waals surface area contributed by atoms with Crippen molar-refractivity contribution in [3.05, 3.63) is 71.8 Å². The minimum Gasteiger partial charge on any atom is -0.496 e. The van der Waals surface area contributed by atoms with Crippen molar-refractivity contribution in [3.8, 4) is 22.6 Å². The molecule has 0 fully saturated rings. The van der Waals surface area contributed by atoms with Crippen molar-refractivity contribution in [3.63, 3.8) is 0 Å². The molecule has 1 heterocycles. The Morgan fingerprint density at radius 1 is 0.941 bits per heavy atom. The number of sulfonamides is 2. The maximum atomic E-state index is 12.3. The first kappa shape index (κ1) is 23.9. The fourth-order valence-corrected chi connectivity index (χ4v) is 5.71. The highest BCUT2D eigenvalue weighted by molar-refractivity contribution is 7.92. The van der Waals surface area contributed by atoms with Crippen LogP contribution in [0.5, 0.6) is 11.5 Å². The predicted octanol–water partition coefficient (Wildman–Crippen LogP) is 4.37. The van der Waals surface area contributed by atoms with Gasteiger partial charge in [0.15, 0.2) is 0 Å². The molecule has 10 heteroatoms. The Hall–Kier alpha value is -3.24. The van der Waals surface area contributed by atoms with Crippen LogP contribution in [0.2, 0.25) is 0 Å². The number of methoxy groups -OCH3 is 1. The van der Waals surface area contributed by atoms with Gasteiger partial charge in [-0.15, -0.1) is 0 Å². The molecule has 1 aliphatic heterocycles. The summed E-state index contributed by atoms with van der Waals surface area (Å²) in [6, 6.07) is 17.7. The summed E-state index contributed by atoms with van der Waals surface area (Å²) in [5.41, 5.74) is 3.86. The van der Waals surface area contributed by atoms with Gasteiger partial charge in [-0.2, -0.15) is 0 Å². The van der Waals surface area contributed by atoms with E-state index in [0.717, 1.165) is 22.9 Å². The summed E-state index contributed by atoms with van der Waals surface area (Å²) in [6.07, 6.45) is 0.986. The summed E-state index contributed by atoms with van der Waals surface area (Å²) >= 11 is 0. The van der Waals surface area contributed by atoms with Gasteiger partial charge in [-0.1, -0.05) is 31.2 Å². The second-order valence-electron chi connectivity index (χ2n) is 8.05. The molecule has 0 amide bonds. The monoisotopic (exact) mass is 502 g/mol. The largest absolute Gasteiger partial charge is 0.496 e. The van der Waals surface area contributed by atoms with Crippen LogP contribution in [0.25, 0.3) is 11.1 Å². The van der Waals surface area contributed by atoms with Crippen molar-refractivity contribution in [2.45, 2.75) is 19.4 Å². The van der Waals surface area contributed by atoms with Crippen molar-refractivity contribution >= 4 is 31.4 Å². The Morgan fingerprint density at radius 2 is 1.68 bits per heavy atom. The number of fused-ring (bicyclic) bond motifs is 3. The quantitative estimate of drug-likeness (QED) is 0.473. The summed E-state index contributed by atoms with van der Waals surface area (Å²) in [4.78, 5) is 0. The highest BCUT2D eigenvalue weighted by Crippen LogP contribution is 2.49. The molecule has 1 atom stereocenters. The molecule has 2 N–H and O–H groups in total. The smallest absolute Gasteiger partial charge is 0.232 e. The lowest BCUT2D eigenvalue weighted by molar-refractivity contribution is 0.242. The number of rotatable bonds is 8. The topological polar surface area (TPSA) is 111 Å². The first-order valence-electron chi connectivity index (χ1n) is 10.7. The van der Waals surface area contributed by atoms with E-state index in [9.17, 15) is 16.8 Å². The van der Waals surface area contributed by atoms with E-state index >= 15 is 0 Å². The molecule has 0 aromatic heterocycles. The fourth-order valence-electron chi connectivity index (χ4n) is 4.03. The molecule has 0 saturated heterocycles. The van der Waals surface area contributed by atoms with Gasteiger partial charge >= 0.3 is 0 Å². The van der Waals surface area contributed by atoms with Crippen LogP contribution in [0.3, 0.4) is 0 Å². The second kappa shape index (κ2) is 9.19. The van der Waals surface area contributed by atoms with Crippen LogP contribution >= 0.6 is 0 Å². The van der Waals surface area contributed by atoms with E-state index in [4.69, 9.17) is 9.47 Å². The molecule has 3 aromatic carbocycles. The zero-order valence-corrected chi connectivity index (χ0v) is 20.7. The molecule has 8 nitrogen and oxygen atoms in total. The zero-order chi connectivity index (χ0) is 24.5. The van der Waals surface area contributed by atoms with Crippen LogP contribution in [0.4, 0.5) is 11.4 Å². The summed E-state index contributed by atoms with van der Waals surface area (Å²) in [5.74, 6) is 1.26. The van der Waals surface area contributed by atoms with Gasteiger partial charge in [-0.3, -0.25) is 9.44 Å². The lowest BCUT2D eigenvalue weighted by atomic mass is 9.88. The Labute approximate surface area is 200 Å². The third-order valence-corrected chi connectivity index (χ3v) is 7.39. The third-order valence-electron chi connectivity index (χ3n) is 5.29. The molecule has 0 aliphatic carbocycles. The summed E-state index contributed by atoms with van der Waals surface area (Å²) in [6.45, 7) is 1.80. The summed E-state index contributed by atoms with van der Waals surface area (Å²) < 4.78 is 65.2. The van der Waals surface area contributed by atoms with E-state index in [2.05, 4.69) is 9.44 Å². The number of anilines is 2. The summed E-state index contributed by atoms with van der Waals surface area (Å²) in [7, 11) is -5.37. The van der Waals surface area contributed by atoms with Gasteiger partial charge in [0.25, 0.3) is 0 Å². The van der Waals surface area contributed by atoms with Gasteiger partial charge in [0, 0.05) is 16.9 Å². The van der Waals surface area contributed by atoms with Crippen molar-refractivity contribution in [1.82, 2.24) is 0 Å². The molecule has 1 aliphatic rings. The molecule has 34 heavy (non-hydrogen) atoms. The van der Waals surface area contributed by atoms with Crippen molar-refractivity contribution in [2.24, 2.45) is 0 Å². The minimum atomic E-state index is -3.48. The first-order valence-corrected chi connectivity index (χ1v) is 14.2. The van der Waals surface area contributed by atoms with Crippen molar-refractivity contribution in [1.29, 1.82) is 0 Å². The SMILES string of the molecule is CCCS(=O)(=O)Nc1cccc(C2Oc3cccc(OC)c3-c3ccc(NS(C)(=O)=O)cc32)c1. The Morgan fingerprint density at radius 3 is 2.38 bits per heavy atom. The molecular formula is C24H26N2O6S2. The van der Waals surface area contributed by atoms with E-state index in [1.54, 1.807) is 44.4 Å². The van der Waals surface area contributed by atoms with Crippen LogP contribution in [0, 0.1) is 0 Å². The van der Waals surface area contributed by atoms with E-state index in [1.165, 1.54) is 0 Å². The van der Waals surface area contributed by atoms with E-state index in [0.29, 0.717) is 34.9 Å².